The van der Waals surface area contributed by atoms with Crippen molar-refractivity contribution in [3.05, 3.63) is 64.7 Å². The number of nitrogens with zero attached hydrogens (tertiary/aromatic N) is 2. The number of para-hydroxylation sites is 1. The minimum atomic E-state index is -3.41. The van der Waals surface area contributed by atoms with Crippen molar-refractivity contribution >= 4 is 39.1 Å². The van der Waals surface area contributed by atoms with E-state index in [1.165, 1.54) is 36.2 Å². The van der Waals surface area contributed by atoms with Crippen molar-refractivity contribution in [3.63, 3.8) is 0 Å². The van der Waals surface area contributed by atoms with Crippen molar-refractivity contribution in [1.29, 1.82) is 0 Å². The fraction of sp³-hybridized carbons (Fsp3) is 0.562. The quantitative estimate of drug-likeness (QED) is 0.516. The van der Waals surface area contributed by atoms with E-state index in [0.29, 0.717) is 55.8 Å². The second-order valence-electron chi connectivity index (χ2n) is 12.8. The number of likely N-dealkylation sites (tertiary alicyclic amines) is 1. The lowest BCUT2D eigenvalue weighted by molar-refractivity contribution is -0.138. The Morgan fingerprint density at radius 1 is 1.05 bits per heavy atom. The molecule has 1 unspecified atom stereocenters. The first-order valence-corrected chi connectivity index (χ1v) is 17.5. The van der Waals surface area contributed by atoms with Gasteiger partial charge in [0.05, 0.1) is 18.0 Å². The van der Waals surface area contributed by atoms with Crippen LogP contribution in [-0.4, -0.2) is 69.7 Å². The third kappa shape index (κ3) is 5.92. The number of rotatable bonds is 6. The molecule has 0 bridgehead atoms. The van der Waals surface area contributed by atoms with Crippen molar-refractivity contribution in [2.45, 2.75) is 68.9 Å². The molecule has 2 saturated heterocycles. The Labute approximate surface area is 254 Å². The highest BCUT2D eigenvalue weighted by Crippen LogP contribution is 2.48. The summed E-state index contributed by atoms with van der Waals surface area (Å²) in [6, 6.07) is 14.2. The van der Waals surface area contributed by atoms with Crippen molar-refractivity contribution in [2.75, 3.05) is 36.7 Å². The Kier molecular flexibility index (Phi) is 8.28. The normalized spacial score (nSPS) is 25.9. The third-order valence-electron chi connectivity index (χ3n) is 10.1. The smallest absolute Gasteiger partial charge is 0.245 e. The lowest BCUT2D eigenvalue weighted by atomic mass is 9.73. The topological polar surface area (TPSA) is 98.8 Å². The first kappa shape index (κ1) is 29.5. The minimum Gasteiger partial charge on any atom is -0.343 e. The standard InChI is InChI=1S/C32H41ClN4O4S/c1-42(40,41)37-21-32(26-8-4-5-9-29(26)37)14-16-36(17-15-32)31(39)28(18-22-10-12-25(33)13-11-22)35-30(38)27-19-23-6-2-3-7-24(23)20-34-27/h4-5,8-13,23-24,27-28,34H,2-3,6-7,14-21H2,1H3,(H,35,38)/t23-,24+,27+,28?/m1/s1. The van der Waals surface area contributed by atoms with Gasteiger partial charge in [-0.3, -0.25) is 13.9 Å². The number of carbonyl (C=O) groups excluding carboxylic acids is 2. The summed E-state index contributed by atoms with van der Waals surface area (Å²) in [6.45, 7) is 2.26. The maximum Gasteiger partial charge on any atom is 0.245 e. The highest BCUT2D eigenvalue weighted by Gasteiger charge is 2.48. The van der Waals surface area contributed by atoms with Crippen LogP contribution in [0.15, 0.2) is 48.5 Å². The number of amides is 2. The van der Waals surface area contributed by atoms with Gasteiger partial charge in [-0.15, -0.1) is 0 Å². The molecule has 226 valence electrons. The number of hydrogen-bond donors (Lipinski definition) is 2. The van der Waals surface area contributed by atoms with Gasteiger partial charge in [0.2, 0.25) is 21.8 Å². The van der Waals surface area contributed by atoms with Crippen LogP contribution in [-0.2, 0) is 31.4 Å². The third-order valence-corrected chi connectivity index (χ3v) is 11.5. The highest BCUT2D eigenvalue weighted by atomic mass is 35.5. The number of halogens is 1. The Bertz CT molecular complexity index is 1420. The molecule has 3 heterocycles. The van der Waals surface area contributed by atoms with Crippen LogP contribution < -0.4 is 14.9 Å². The van der Waals surface area contributed by atoms with E-state index in [0.717, 1.165) is 29.8 Å². The van der Waals surface area contributed by atoms with Crippen LogP contribution in [0.1, 0.15) is 56.1 Å². The number of benzene rings is 2. The summed E-state index contributed by atoms with van der Waals surface area (Å²) < 4.78 is 26.7. The molecular weight excluding hydrogens is 572 g/mol. The molecule has 6 rings (SSSR count). The van der Waals surface area contributed by atoms with Crippen LogP contribution in [0, 0.1) is 11.8 Å². The van der Waals surface area contributed by atoms with Crippen molar-refractivity contribution in [2.24, 2.45) is 11.8 Å². The molecule has 4 aliphatic rings. The van der Waals surface area contributed by atoms with Crippen molar-refractivity contribution < 1.29 is 18.0 Å². The second kappa shape index (κ2) is 11.8. The molecule has 42 heavy (non-hydrogen) atoms. The number of anilines is 1. The Balaban J connectivity index is 1.17. The molecule has 1 saturated carbocycles. The van der Waals surface area contributed by atoms with Crippen LogP contribution in [0.5, 0.6) is 0 Å². The number of sulfonamides is 1. The molecule has 0 radical (unpaired) electrons. The van der Waals surface area contributed by atoms with Crippen LogP contribution in [0.25, 0.3) is 0 Å². The molecule has 2 N–H and O–H groups in total. The number of nitrogens with one attached hydrogen (secondary N) is 2. The lowest BCUT2D eigenvalue weighted by Crippen LogP contribution is -2.58. The number of hydrogen-bond acceptors (Lipinski definition) is 5. The Morgan fingerprint density at radius 2 is 1.74 bits per heavy atom. The average molecular weight is 613 g/mol. The molecule has 0 aromatic heterocycles. The summed E-state index contributed by atoms with van der Waals surface area (Å²) in [5.41, 5.74) is 2.39. The van der Waals surface area contributed by atoms with Crippen molar-refractivity contribution in [1.82, 2.24) is 15.5 Å². The van der Waals surface area contributed by atoms with Crippen LogP contribution in [0.2, 0.25) is 5.02 Å². The van der Waals surface area contributed by atoms with Gasteiger partial charge >= 0.3 is 0 Å². The Hall–Kier alpha value is -2.62. The summed E-state index contributed by atoms with van der Waals surface area (Å²) in [6.07, 6.45) is 8.69. The summed E-state index contributed by atoms with van der Waals surface area (Å²) in [5.74, 6) is 1.02. The molecule has 8 nitrogen and oxygen atoms in total. The molecule has 4 atom stereocenters. The van der Waals surface area contributed by atoms with Gasteiger partial charge < -0.3 is 15.5 Å². The van der Waals surface area contributed by atoms with Gasteiger partial charge in [-0.2, -0.15) is 0 Å². The van der Waals surface area contributed by atoms with E-state index >= 15 is 0 Å². The second-order valence-corrected chi connectivity index (χ2v) is 15.1. The van der Waals surface area contributed by atoms with E-state index in [9.17, 15) is 18.0 Å². The molecular formula is C32H41ClN4O4S. The molecule has 2 aromatic carbocycles. The van der Waals surface area contributed by atoms with Crippen LogP contribution in [0.4, 0.5) is 5.69 Å². The van der Waals surface area contributed by atoms with Gasteiger partial charge in [0, 0.05) is 36.5 Å². The number of fused-ring (bicyclic) bond motifs is 3. The molecule has 2 aromatic rings. The fourth-order valence-electron chi connectivity index (χ4n) is 7.76. The van der Waals surface area contributed by atoms with E-state index in [2.05, 4.69) is 10.6 Å². The summed E-state index contributed by atoms with van der Waals surface area (Å²) in [7, 11) is -3.41. The maximum absolute atomic E-state index is 14.0. The van der Waals surface area contributed by atoms with Gasteiger partial charge in [-0.05, 0) is 73.4 Å². The van der Waals surface area contributed by atoms with E-state index < -0.39 is 16.1 Å². The Morgan fingerprint density at radius 3 is 2.45 bits per heavy atom. The summed E-state index contributed by atoms with van der Waals surface area (Å²) >= 11 is 6.11. The summed E-state index contributed by atoms with van der Waals surface area (Å²) in [5, 5.41) is 7.22. The largest absolute Gasteiger partial charge is 0.343 e. The van der Waals surface area contributed by atoms with Crippen LogP contribution in [0.3, 0.4) is 0 Å². The van der Waals surface area contributed by atoms with E-state index in [4.69, 9.17) is 11.6 Å². The van der Waals surface area contributed by atoms with Crippen molar-refractivity contribution in [3.8, 4) is 0 Å². The van der Waals surface area contributed by atoms with Crippen LogP contribution >= 0.6 is 11.6 Å². The first-order chi connectivity index (χ1) is 20.1. The highest BCUT2D eigenvalue weighted by molar-refractivity contribution is 7.92. The average Bonchev–Trinajstić information content (AvgIpc) is 3.32. The lowest BCUT2D eigenvalue weighted by Gasteiger charge is -2.41. The fourth-order valence-corrected chi connectivity index (χ4v) is 8.88. The molecule has 3 fully saturated rings. The zero-order valence-corrected chi connectivity index (χ0v) is 25.8. The number of piperidine rings is 2. The predicted molar refractivity (Wildman–Crippen MR) is 165 cm³/mol. The van der Waals surface area contributed by atoms with E-state index in [1.807, 2.05) is 53.4 Å². The maximum atomic E-state index is 14.0. The summed E-state index contributed by atoms with van der Waals surface area (Å²) in [4.78, 5) is 29.5. The zero-order chi connectivity index (χ0) is 29.5. The predicted octanol–water partition coefficient (Wildman–Crippen LogP) is 3.88. The first-order valence-electron chi connectivity index (χ1n) is 15.3. The molecule has 1 spiro atoms. The van der Waals surface area contributed by atoms with Gasteiger partial charge in [0.25, 0.3) is 0 Å². The molecule has 3 aliphatic heterocycles. The van der Waals surface area contributed by atoms with Gasteiger partial charge in [-0.1, -0.05) is 61.2 Å². The van der Waals surface area contributed by atoms with E-state index in [1.54, 1.807) is 0 Å². The van der Waals surface area contributed by atoms with Gasteiger partial charge in [0.15, 0.2) is 0 Å². The minimum absolute atomic E-state index is 0.0919. The number of carbonyl (C=O) groups is 2. The SMILES string of the molecule is CS(=O)(=O)N1CC2(CCN(C(=O)C(Cc3ccc(Cl)cc3)NC(=O)[C@@H]3C[C@H]4CCCC[C@H]4CN3)CC2)c2ccccc21. The molecule has 10 heteroatoms. The molecule has 1 aliphatic carbocycles. The van der Waals surface area contributed by atoms with E-state index in [-0.39, 0.29) is 23.3 Å². The monoisotopic (exact) mass is 612 g/mol. The molecule has 2 amide bonds. The van der Waals surface area contributed by atoms with Gasteiger partial charge in [-0.25, -0.2) is 8.42 Å². The zero-order valence-electron chi connectivity index (χ0n) is 24.2. The van der Waals surface area contributed by atoms with Gasteiger partial charge in [0.1, 0.15) is 6.04 Å².